The maximum absolute atomic E-state index is 12.7. The molecule has 0 N–H and O–H groups in total. The number of carbonyl (C=O) groups excluding carboxylic acids is 3. The van der Waals surface area contributed by atoms with Gasteiger partial charge in [0.15, 0.2) is 6.10 Å². The number of hydrogen-bond acceptors (Lipinski definition) is 6. The number of ether oxygens (including phenoxy) is 3. The number of unbranched alkanes of at least 4 members (excludes halogenated alkanes) is 17. The summed E-state index contributed by atoms with van der Waals surface area (Å²) in [6.45, 7) is 6.31. The average molecular weight is 857 g/mol. The van der Waals surface area contributed by atoms with Crippen LogP contribution in [0, 0.1) is 0 Å². The maximum atomic E-state index is 12.7. The van der Waals surface area contributed by atoms with Gasteiger partial charge in [-0.05, 0) is 83.5 Å². The number of carbonyl (C=O) groups is 3. The molecule has 0 bridgehead atoms. The molecule has 0 amide bonds. The predicted octanol–water partition coefficient (Wildman–Crippen LogP) is 16.1. The Morgan fingerprint density at radius 3 is 1.26 bits per heavy atom. The summed E-state index contributed by atoms with van der Waals surface area (Å²) in [6.07, 6.45) is 67.6. The normalized spacial score (nSPS) is 13.1. The van der Waals surface area contributed by atoms with Gasteiger partial charge in [-0.25, -0.2) is 0 Å². The molecule has 1 atom stereocenters. The molecule has 0 saturated heterocycles. The minimum atomic E-state index is -0.833. The van der Waals surface area contributed by atoms with Crippen molar-refractivity contribution in [3.8, 4) is 0 Å². The molecule has 0 rings (SSSR count). The van der Waals surface area contributed by atoms with E-state index in [-0.39, 0.29) is 44.0 Å². The summed E-state index contributed by atoms with van der Waals surface area (Å²) >= 11 is 0. The maximum Gasteiger partial charge on any atom is 0.306 e. The van der Waals surface area contributed by atoms with Crippen molar-refractivity contribution in [3.05, 3.63) is 122 Å². The van der Waals surface area contributed by atoms with Gasteiger partial charge in [0.25, 0.3) is 0 Å². The van der Waals surface area contributed by atoms with Crippen LogP contribution < -0.4 is 0 Å². The molecule has 0 aliphatic carbocycles. The number of hydrogen-bond donors (Lipinski definition) is 0. The van der Waals surface area contributed by atoms with Crippen LogP contribution in [0.25, 0.3) is 0 Å². The van der Waals surface area contributed by atoms with Crippen molar-refractivity contribution in [2.45, 2.75) is 200 Å². The third-order valence-electron chi connectivity index (χ3n) is 9.87. The van der Waals surface area contributed by atoms with Gasteiger partial charge in [0.05, 0.1) is 0 Å². The standard InChI is InChI=1S/C56H88O6/c1-4-7-10-13-16-19-22-25-26-27-28-29-32-34-37-40-43-46-49-55(58)61-52-53(62-56(59)50-47-44-41-38-35-31-24-21-18-15-12-9-6-3)51-60-54(57)48-45-42-39-36-33-30-23-20-17-14-11-8-5-2/h9,12,15-16,18-19,21-22,24-31,33,35,39,42,53H,4-8,10-11,13-14,17,20,23,32,34,36-38,40-41,43-52H2,1-3H3/b12-9-,18-15-,19-16-,24-21-,25-22-,27-26-,29-28-,33-30-,35-31-,42-39-. The Morgan fingerprint density at radius 1 is 0.355 bits per heavy atom. The van der Waals surface area contributed by atoms with Gasteiger partial charge in [-0.3, -0.25) is 14.4 Å². The fraction of sp³-hybridized carbons (Fsp3) is 0.589. The van der Waals surface area contributed by atoms with Crippen LogP contribution in [-0.2, 0) is 28.6 Å². The largest absolute Gasteiger partial charge is 0.462 e. The van der Waals surface area contributed by atoms with Crippen LogP contribution in [0.5, 0.6) is 0 Å². The molecule has 0 aliphatic heterocycles. The molecule has 1 unspecified atom stereocenters. The van der Waals surface area contributed by atoms with Gasteiger partial charge in [-0.1, -0.05) is 213 Å². The lowest BCUT2D eigenvalue weighted by Gasteiger charge is -2.18. The van der Waals surface area contributed by atoms with Crippen molar-refractivity contribution in [2.75, 3.05) is 13.2 Å². The van der Waals surface area contributed by atoms with E-state index in [0.717, 1.165) is 83.5 Å². The molecule has 6 nitrogen and oxygen atoms in total. The molecule has 0 heterocycles. The van der Waals surface area contributed by atoms with E-state index in [1.807, 2.05) is 42.5 Å². The van der Waals surface area contributed by atoms with Crippen LogP contribution in [0.3, 0.4) is 0 Å². The Hall–Kier alpha value is -4.19. The van der Waals surface area contributed by atoms with Crippen molar-refractivity contribution in [1.29, 1.82) is 0 Å². The first kappa shape index (κ1) is 57.8. The highest BCUT2D eigenvalue weighted by Gasteiger charge is 2.19. The first-order chi connectivity index (χ1) is 30.5. The Balaban J connectivity index is 4.57. The minimum absolute atomic E-state index is 0.127. The lowest BCUT2D eigenvalue weighted by atomic mass is 10.1. The van der Waals surface area contributed by atoms with E-state index < -0.39 is 6.10 Å². The van der Waals surface area contributed by atoms with Crippen LogP contribution in [0.4, 0.5) is 0 Å². The van der Waals surface area contributed by atoms with E-state index >= 15 is 0 Å². The molecule has 0 aromatic heterocycles. The van der Waals surface area contributed by atoms with E-state index in [9.17, 15) is 14.4 Å². The third-order valence-corrected chi connectivity index (χ3v) is 9.87. The second kappa shape index (κ2) is 49.5. The Bertz CT molecular complexity index is 1350. The zero-order valence-electron chi connectivity index (χ0n) is 39.6. The summed E-state index contributed by atoms with van der Waals surface area (Å²) in [4.78, 5) is 37.8. The predicted molar refractivity (Wildman–Crippen MR) is 265 cm³/mol. The van der Waals surface area contributed by atoms with Gasteiger partial charge in [0.1, 0.15) is 13.2 Å². The van der Waals surface area contributed by atoms with Crippen molar-refractivity contribution >= 4 is 17.9 Å². The van der Waals surface area contributed by atoms with E-state index in [4.69, 9.17) is 14.2 Å². The number of allylic oxidation sites excluding steroid dienone is 20. The quantitative estimate of drug-likeness (QED) is 0.0200. The molecule has 62 heavy (non-hydrogen) atoms. The highest BCUT2D eigenvalue weighted by molar-refractivity contribution is 5.71. The minimum Gasteiger partial charge on any atom is -0.462 e. The molecule has 0 aromatic carbocycles. The Kier molecular flexibility index (Phi) is 46.1. The third kappa shape index (κ3) is 46.9. The Morgan fingerprint density at radius 2 is 0.726 bits per heavy atom. The fourth-order valence-electron chi connectivity index (χ4n) is 6.16. The zero-order chi connectivity index (χ0) is 45.1. The summed E-state index contributed by atoms with van der Waals surface area (Å²) in [7, 11) is 0. The van der Waals surface area contributed by atoms with Crippen LogP contribution in [0.1, 0.15) is 194 Å². The second-order valence-electron chi connectivity index (χ2n) is 15.8. The molecule has 6 heteroatoms. The van der Waals surface area contributed by atoms with Crippen LogP contribution in [0.2, 0.25) is 0 Å². The summed E-state index contributed by atoms with van der Waals surface area (Å²) in [5.41, 5.74) is 0. The van der Waals surface area contributed by atoms with Crippen molar-refractivity contribution in [1.82, 2.24) is 0 Å². The molecular weight excluding hydrogens is 769 g/mol. The summed E-state index contributed by atoms with van der Waals surface area (Å²) in [6, 6.07) is 0. The van der Waals surface area contributed by atoms with E-state index in [2.05, 4.69) is 99.8 Å². The van der Waals surface area contributed by atoms with Crippen molar-refractivity contribution in [3.63, 3.8) is 0 Å². The van der Waals surface area contributed by atoms with E-state index in [1.54, 1.807) is 0 Å². The molecule has 0 aromatic rings. The van der Waals surface area contributed by atoms with E-state index in [0.29, 0.717) is 19.3 Å². The highest BCUT2D eigenvalue weighted by atomic mass is 16.6. The van der Waals surface area contributed by atoms with Gasteiger partial charge < -0.3 is 14.2 Å². The summed E-state index contributed by atoms with van der Waals surface area (Å²) in [5, 5.41) is 0. The SMILES string of the molecule is CC\C=C/C=C\C=C/C=C\CCCCCC(=O)OC(COC(=O)CC/C=C\C/C=C\CCCCCCCC)COC(=O)CCCCCCC\C=C/C=C\C=C/C=C\CCCCC. The highest BCUT2D eigenvalue weighted by Crippen LogP contribution is 2.11. The molecule has 348 valence electrons. The van der Waals surface area contributed by atoms with Gasteiger partial charge in [-0.2, -0.15) is 0 Å². The Labute approximate surface area is 380 Å². The van der Waals surface area contributed by atoms with E-state index in [1.165, 1.54) is 57.8 Å². The molecule has 0 spiro atoms. The second-order valence-corrected chi connectivity index (χ2v) is 15.8. The first-order valence-corrected chi connectivity index (χ1v) is 24.6. The summed E-state index contributed by atoms with van der Waals surface area (Å²) in [5.74, 6) is -1.07. The monoisotopic (exact) mass is 857 g/mol. The van der Waals surface area contributed by atoms with Gasteiger partial charge in [-0.15, -0.1) is 0 Å². The van der Waals surface area contributed by atoms with Crippen molar-refractivity contribution in [2.24, 2.45) is 0 Å². The van der Waals surface area contributed by atoms with Crippen LogP contribution in [0.15, 0.2) is 122 Å². The topological polar surface area (TPSA) is 78.9 Å². The van der Waals surface area contributed by atoms with Gasteiger partial charge in [0, 0.05) is 19.3 Å². The molecular formula is C56H88O6. The number of esters is 3. The molecule has 0 radical (unpaired) electrons. The molecule has 0 aliphatic rings. The first-order valence-electron chi connectivity index (χ1n) is 24.6. The zero-order valence-corrected chi connectivity index (χ0v) is 39.6. The van der Waals surface area contributed by atoms with Gasteiger partial charge >= 0.3 is 17.9 Å². The number of rotatable bonds is 42. The van der Waals surface area contributed by atoms with Crippen molar-refractivity contribution < 1.29 is 28.6 Å². The fourth-order valence-corrected chi connectivity index (χ4v) is 6.16. The average Bonchev–Trinajstić information content (AvgIpc) is 3.27. The smallest absolute Gasteiger partial charge is 0.306 e. The lowest BCUT2D eigenvalue weighted by Crippen LogP contribution is -2.30. The van der Waals surface area contributed by atoms with Crippen LogP contribution in [-0.4, -0.2) is 37.2 Å². The van der Waals surface area contributed by atoms with Gasteiger partial charge in [0.2, 0.25) is 0 Å². The molecule has 0 saturated carbocycles. The molecule has 0 fully saturated rings. The van der Waals surface area contributed by atoms with Crippen LogP contribution >= 0.6 is 0 Å². The lowest BCUT2D eigenvalue weighted by molar-refractivity contribution is -0.166. The summed E-state index contributed by atoms with van der Waals surface area (Å²) < 4.78 is 16.6.